The van der Waals surface area contributed by atoms with E-state index >= 15 is 0 Å². The molecule has 0 aliphatic carbocycles. The van der Waals surface area contributed by atoms with Gasteiger partial charge >= 0.3 is 0 Å². The first-order valence-corrected chi connectivity index (χ1v) is 10.9. The van der Waals surface area contributed by atoms with Crippen LogP contribution in [0.2, 0.25) is 0 Å². The molecule has 0 fully saturated rings. The number of nitrogens with one attached hydrogen (secondary N) is 3. The number of aryl methyl sites for hydroxylation is 1. The molecule has 0 aliphatic heterocycles. The van der Waals surface area contributed by atoms with Crippen LogP contribution in [0.3, 0.4) is 0 Å². The van der Waals surface area contributed by atoms with Gasteiger partial charge in [0.2, 0.25) is 11.8 Å². The second-order valence-corrected chi connectivity index (χ2v) is 8.02. The number of nitrogens with zero attached hydrogens (tertiary/aromatic N) is 1. The maximum Gasteiger partial charge on any atom is 0.251 e. The van der Waals surface area contributed by atoms with Gasteiger partial charge in [-0.3, -0.25) is 14.4 Å². The minimum atomic E-state index is -0.378. The van der Waals surface area contributed by atoms with E-state index < -0.39 is 0 Å². The van der Waals surface area contributed by atoms with E-state index in [1.807, 2.05) is 49.4 Å². The third kappa shape index (κ3) is 7.28. The Kier molecular flexibility index (Phi) is 8.04. The number of aromatic amines is 1. The van der Waals surface area contributed by atoms with Crippen molar-refractivity contribution in [2.75, 3.05) is 18.2 Å². The zero-order valence-corrected chi connectivity index (χ0v) is 18.6. The number of amides is 2. The van der Waals surface area contributed by atoms with Gasteiger partial charge in [-0.2, -0.15) is 0 Å². The molecule has 2 amide bonds. The molecule has 0 saturated carbocycles. The highest BCUT2D eigenvalue weighted by Crippen LogP contribution is 2.15. The molecule has 1 aromatic heterocycles. The topological polar surface area (TPSA) is 113 Å². The van der Waals surface area contributed by atoms with Gasteiger partial charge in [-0.15, -0.1) is 0 Å². The lowest BCUT2D eigenvalue weighted by Crippen LogP contribution is -2.26. The van der Waals surface area contributed by atoms with Crippen LogP contribution >= 0.6 is 11.8 Å². The van der Waals surface area contributed by atoms with Crippen molar-refractivity contribution in [2.45, 2.75) is 25.0 Å². The quantitative estimate of drug-likeness (QED) is 0.340. The number of rotatable bonds is 9. The van der Waals surface area contributed by atoms with Gasteiger partial charge in [0.15, 0.2) is 5.16 Å². The molecule has 3 N–H and O–H groups in total. The van der Waals surface area contributed by atoms with Crippen molar-refractivity contribution in [3.05, 3.63) is 81.8 Å². The van der Waals surface area contributed by atoms with Crippen LogP contribution in [0.1, 0.15) is 16.8 Å². The standard InChI is InChI=1S/C23H24N4O4S/c1-15-5-3-7-17(9-15)25-22(30)14-32-23-26-18(12-21(29)27-23)11-20(28)24-13-16-6-4-8-19(10-16)31-2/h3-10,12H,11,13-14H2,1-2H3,(H,24,28)(H,25,30)(H,26,27,29). The summed E-state index contributed by atoms with van der Waals surface area (Å²) in [6.07, 6.45) is -0.0447. The highest BCUT2D eigenvalue weighted by Gasteiger charge is 2.10. The number of H-pyrrole nitrogens is 1. The second-order valence-electron chi connectivity index (χ2n) is 7.05. The maximum absolute atomic E-state index is 12.3. The van der Waals surface area contributed by atoms with Gasteiger partial charge in [0, 0.05) is 18.3 Å². The van der Waals surface area contributed by atoms with Gasteiger partial charge in [-0.1, -0.05) is 36.0 Å². The van der Waals surface area contributed by atoms with E-state index in [9.17, 15) is 14.4 Å². The fourth-order valence-corrected chi connectivity index (χ4v) is 3.60. The highest BCUT2D eigenvalue weighted by molar-refractivity contribution is 7.99. The Labute approximate surface area is 189 Å². The summed E-state index contributed by atoms with van der Waals surface area (Å²) < 4.78 is 5.17. The van der Waals surface area contributed by atoms with Crippen LogP contribution in [0.15, 0.2) is 64.5 Å². The number of anilines is 1. The Morgan fingerprint density at radius 2 is 1.91 bits per heavy atom. The van der Waals surface area contributed by atoms with E-state index in [0.29, 0.717) is 23.7 Å². The van der Waals surface area contributed by atoms with Crippen LogP contribution < -0.4 is 20.9 Å². The largest absolute Gasteiger partial charge is 0.497 e. The summed E-state index contributed by atoms with van der Waals surface area (Å²) >= 11 is 1.10. The number of carbonyl (C=O) groups is 2. The summed E-state index contributed by atoms with van der Waals surface area (Å²) in [6, 6.07) is 16.1. The van der Waals surface area contributed by atoms with Crippen molar-refractivity contribution in [1.82, 2.24) is 15.3 Å². The zero-order chi connectivity index (χ0) is 22.9. The molecule has 0 unspecified atom stereocenters. The first kappa shape index (κ1) is 23.1. The molecule has 3 rings (SSSR count). The van der Waals surface area contributed by atoms with Crippen molar-refractivity contribution in [3.8, 4) is 5.75 Å². The summed E-state index contributed by atoms with van der Waals surface area (Å²) in [7, 11) is 1.58. The molecule has 166 valence electrons. The number of aromatic nitrogens is 2. The third-order valence-corrected chi connectivity index (χ3v) is 5.25. The van der Waals surface area contributed by atoms with Gasteiger partial charge in [-0.05, 0) is 42.3 Å². The molecule has 3 aromatic rings. The van der Waals surface area contributed by atoms with Crippen LogP contribution in [0, 0.1) is 6.92 Å². The van der Waals surface area contributed by atoms with Gasteiger partial charge in [0.1, 0.15) is 5.75 Å². The highest BCUT2D eigenvalue weighted by atomic mass is 32.2. The Morgan fingerprint density at radius 1 is 1.09 bits per heavy atom. The number of benzene rings is 2. The second kappa shape index (κ2) is 11.1. The summed E-state index contributed by atoms with van der Waals surface area (Å²) in [5, 5.41) is 5.89. The molecule has 8 nitrogen and oxygen atoms in total. The number of carbonyl (C=O) groups excluding carboxylic acids is 2. The summed E-state index contributed by atoms with van der Waals surface area (Å²) in [6.45, 7) is 2.28. The Hall–Kier alpha value is -3.59. The van der Waals surface area contributed by atoms with E-state index in [0.717, 1.165) is 22.9 Å². The zero-order valence-electron chi connectivity index (χ0n) is 17.8. The fourth-order valence-electron chi connectivity index (χ4n) is 2.91. The molecule has 0 radical (unpaired) electrons. The third-order valence-electron chi connectivity index (χ3n) is 4.38. The average molecular weight is 453 g/mol. The van der Waals surface area contributed by atoms with Crippen molar-refractivity contribution >= 4 is 29.3 Å². The summed E-state index contributed by atoms with van der Waals surface area (Å²) in [5.74, 6) is 0.299. The van der Waals surface area contributed by atoms with E-state index in [1.165, 1.54) is 6.07 Å². The molecule has 32 heavy (non-hydrogen) atoms. The van der Waals surface area contributed by atoms with Crippen LogP contribution in [0.25, 0.3) is 0 Å². The molecule has 0 spiro atoms. The minimum absolute atomic E-state index is 0.0447. The van der Waals surface area contributed by atoms with E-state index in [1.54, 1.807) is 13.2 Å². The maximum atomic E-state index is 12.3. The number of ether oxygens (including phenoxy) is 1. The van der Waals surface area contributed by atoms with Crippen molar-refractivity contribution < 1.29 is 14.3 Å². The number of hydrogen-bond donors (Lipinski definition) is 3. The summed E-state index contributed by atoms with van der Waals surface area (Å²) in [4.78, 5) is 43.3. The van der Waals surface area contributed by atoms with Crippen LogP contribution in [-0.4, -0.2) is 34.6 Å². The molecule has 2 aromatic carbocycles. The monoisotopic (exact) mass is 452 g/mol. The smallest absolute Gasteiger partial charge is 0.251 e. The lowest BCUT2D eigenvalue weighted by molar-refractivity contribution is -0.120. The Bertz CT molecular complexity index is 1160. The number of hydrogen-bond acceptors (Lipinski definition) is 6. The molecule has 0 saturated heterocycles. The predicted octanol–water partition coefficient (Wildman–Crippen LogP) is 2.68. The van der Waals surface area contributed by atoms with Crippen molar-refractivity contribution in [1.29, 1.82) is 0 Å². The molecular formula is C23H24N4O4S. The lowest BCUT2D eigenvalue weighted by atomic mass is 10.2. The molecule has 0 bridgehead atoms. The van der Waals surface area contributed by atoms with Crippen LogP contribution in [0.5, 0.6) is 5.75 Å². The number of methoxy groups -OCH3 is 1. The molecule has 1 heterocycles. The molecule has 9 heteroatoms. The SMILES string of the molecule is COc1cccc(CNC(=O)Cc2cc(=O)[nH]c(SCC(=O)Nc3cccc(C)c3)n2)c1. The van der Waals surface area contributed by atoms with Gasteiger partial charge < -0.3 is 20.4 Å². The average Bonchev–Trinajstić information content (AvgIpc) is 2.76. The predicted molar refractivity (Wildman–Crippen MR) is 124 cm³/mol. The van der Waals surface area contributed by atoms with E-state index in [-0.39, 0.29) is 34.7 Å². The van der Waals surface area contributed by atoms with Crippen LogP contribution in [-0.2, 0) is 22.6 Å². The van der Waals surface area contributed by atoms with Crippen molar-refractivity contribution in [2.24, 2.45) is 0 Å². The molecule has 0 aliphatic rings. The van der Waals surface area contributed by atoms with Gasteiger partial charge in [0.25, 0.3) is 5.56 Å². The van der Waals surface area contributed by atoms with Gasteiger partial charge in [0.05, 0.1) is 25.0 Å². The van der Waals surface area contributed by atoms with Gasteiger partial charge in [-0.25, -0.2) is 4.98 Å². The van der Waals surface area contributed by atoms with Crippen LogP contribution in [0.4, 0.5) is 5.69 Å². The fraction of sp³-hybridized carbons (Fsp3) is 0.217. The Balaban J connectivity index is 1.53. The molecule has 0 atom stereocenters. The summed E-state index contributed by atoms with van der Waals surface area (Å²) in [5.41, 5.74) is 2.60. The van der Waals surface area contributed by atoms with Crippen molar-refractivity contribution in [3.63, 3.8) is 0 Å². The first-order valence-electron chi connectivity index (χ1n) is 9.90. The number of thioether (sulfide) groups is 1. The van der Waals surface area contributed by atoms with E-state index in [2.05, 4.69) is 20.6 Å². The lowest BCUT2D eigenvalue weighted by Gasteiger charge is -2.08. The minimum Gasteiger partial charge on any atom is -0.497 e. The first-order chi connectivity index (χ1) is 15.4. The molecular weight excluding hydrogens is 428 g/mol. The Morgan fingerprint density at radius 3 is 2.69 bits per heavy atom. The van der Waals surface area contributed by atoms with E-state index in [4.69, 9.17) is 4.74 Å². The normalized spacial score (nSPS) is 10.4.